The third-order valence-corrected chi connectivity index (χ3v) is 3.66. The molecule has 0 aromatic heterocycles. The number of hydrogen-bond donors (Lipinski definition) is 0. The SMILES string of the molecule is CC(C)COC(=O)CSCCCCC(F)(F)C(F)(F)C(F)(F)F. The van der Waals surface area contributed by atoms with Crippen LogP contribution in [0.3, 0.4) is 0 Å². The van der Waals surface area contributed by atoms with Gasteiger partial charge in [0.2, 0.25) is 0 Å². The lowest BCUT2D eigenvalue weighted by Gasteiger charge is -2.28. The van der Waals surface area contributed by atoms with Crippen molar-refractivity contribution >= 4 is 17.7 Å². The minimum absolute atomic E-state index is 0.00828. The number of esters is 1. The Morgan fingerprint density at radius 2 is 1.61 bits per heavy atom. The van der Waals surface area contributed by atoms with E-state index in [0.29, 0.717) is 0 Å². The second kappa shape index (κ2) is 8.98. The summed E-state index contributed by atoms with van der Waals surface area (Å²) in [4.78, 5) is 11.2. The predicted octanol–water partition coefficient (Wildman–Crippen LogP) is 4.92. The Bertz CT molecular complexity index is 370. The lowest BCUT2D eigenvalue weighted by molar-refractivity contribution is -0.355. The number of halogens is 7. The second-order valence-corrected chi connectivity index (χ2v) is 6.47. The number of carbonyl (C=O) groups is 1. The Morgan fingerprint density at radius 3 is 2.09 bits per heavy atom. The second-order valence-electron chi connectivity index (χ2n) is 5.36. The quantitative estimate of drug-likeness (QED) is 0.309. The van der Waals surface area contributed by atoms with Crippen LogP contribution in [0.15, 0.2) is 0 Å². The fourth-order valence-electron chi connectivity index (χ4n) is 1.37. The van der Waals surface area contributed by atoms with Crippen LogP contribution in [-0.4, -0.2) is 42.1 Å². The summed E-state index contributed by atoms with van der Waals surface area (Å²) in [6.07, 6.45) is -8.37. The molecule has 0 saturated heterocycles. The number of carbonyl (C=O) groups excluding carboxylic acids is 1. The summed E-state index contributed by atoms with van der Waals surface area (Å²) in [5.41, 5.74) is 0. The van der Waals surface area contributed by atoms with Crippen LogP contribution in [0.5, 0.6) is 0 Å². The van der Waals surface area contributed by atoms with E-state index in [1.807, 2.05) is 13.8 Å². The predicted molar refractivity (Wildman–Crippen MR) is 72.9 cm³/mol. The largest absolute Gasteiger partial charge is 0.465 e. The first-order valence-corrected chi connectivity index (χ1v) is 8.02. The van der Waals surface area contributed by atoms with Gasteiger partial charge in [0.15, 0.2) is 0 Å². The fraction of sp³-hybridized carbons (Fsp3) is 0.923. The van der Waals surface area contributed by atoms with Crippen LogP contribution in [-0.2, 0) is 9.53 Å². The molecule has 0 rings (SSSR count). The molecule has 10 heteroatoms. The average Bonchev–Trinajstić information content (AvgIpc) is 2.38. The van der Waals surface area contributed by atoms with Crippen molar-refractivity contribution in [3.8, 4) is 0 Å². The molecule has 0 aliphatic heterocycles. The van der Waals surface area contributed by atoms with E-state index in [-0.39, 0.29) is 30.5 Å². The lowest BCUT2D eigenvalue weighted by atomic mass is 10.0. The van der Waals surface area contributed by atoms with E-state index >= 15 is 0 Å². The molecule has 0 amide bonds. The number of alkyl halides is 7. The van der Waals surface area contributed by atoms with Crippen LogP contribution in [0.1, 0.15) is 33.1 Å². The summed E-state index contributed by atoms with van der Waals surface area (Å²) in [5.74, 6) is -11.4. The Hall–Kier alpha value is -0.670. The highest BCUT2D eigenvalue weighted by Gasteiger charge is 2.72. The zero-order chi connectivity index (χ0) is 18.3. The molecule has 0 bridgehead atoms. The van der Waals surface area contributed by atoms with E-state index in [1.54, 1.807) is 0 Å². The van der Waals surface area contributed by atoms with Crippen molar-refractivity contribution in [2.45, 2.75) is 51.1 Å². The molecule has 0 radical (unpaired) electrons. The van der Waals surface area contributed by atoms with Gasteiger partial charge in [-0.25, -0.2) is 0 Å². The van der Waals surface area contributed by atoms with Crippen molar-refractivity contribution < 1.29 is 40.3 Å². The standard InChI is InChI=1S/C13H19F7O2S/c1-9(2)7-22-10(21)8-23-6-4-3-5-11(14,15)12(16,17)13(18,19)20/h9H,3-8H2,1-2H3. The summed E-state index contributed by atoms with van der Waals surface area (Å²) in [6.45, 7) is 3.94. The highest BCUT2D eigenvalue weighted by molar-refractivity contribution is 7.99. The average molecular weight is 372 g/mol. The van der Waals surface area contributed by atoms with Crippen LogP contribution >= 0.6 is 11.8 Å². The molecule has 0 unspecified atom stereocenters. The zero-order valence-corrected chi connectivity index (χ0v) is 13.5. The molecule has 0 fully saturated rings. The minimum Gasteiger partial charge on any atom is -0.465 e. The van der Waals surface area contributed by atoms with Crippen molar-refractivity contribution in [3.63, 3.8) is 0 Å². The van der Waals surface area contributed by atoms with E-state index in [0.717, 1.165) is 11.8 Å². The molecule has 0 aromatic rings. The number of unbranched alkanes of at least 4 members (excludes halogenated alkanes) is 1. The zero-order valence-electron chi connectivity index (χ0n) is 12.7. The summed E-state index contributed by atoms with van der Waals surface area (Å²) in [7, 11) is 0. The fourth-order valence-corrected chi connectivity index (χ4v) is 2.17. The maximum absolute atomic E-state index is 13.0. The number of rotatable bonds is 10. The van der Waals surface area contributed by atoms with Gasteiger partial charge >= 0.3 is 24.0 Å². The minimum atomic E-state index is -6.29. The number of thioether (sulfide) groups is 1. The van der Waals surface area contributed by atoms with E-state index in [9.17, 15) is 35.5 Å². The van der Waals surface area contributed by atoms with Gasteiger partial charge in [-0.15, -0.1) is 0 Å². The summed E-state index contributed by atoms with van der Waals surface area (Å²) in [5, 5.41) is 0. The summed E-state index contributed by atoms with van der Waals surface area (Å²) < 4.78 is 91.6. The van der Waals surface area contributed by atoms with Crippen LogP contribution in [0.2, 0.25) is 0 Å². The van der Waals surface area contributed by atoms with Crippen LogP contribution < -0.4 is 0 Å². The van der Waals surface area contributed by atoms with Crippen molar-refractivity contribution in [1.29, 1.82) is 0 Å². The first kappa shape index (κ1) is 22.3. The van der Waals surface area contributed by atoms with Gasteiger partial charge in [0.1, 0.15) is 0 Å². The molecule has 0 aromatic carbocycles. The third-order valence-electron chi connectivity index (χ3n) is 2.64. The normalized spacial score (nSPS) is 13.5. The Morgan fingerprint density at radius 1 is 1.04 bits per heavy atom. The van der Waals surface area contributed by atoms with Gasteiger partial charge in [0.05, 0.1) is 12.4 Å². The molecular formula is C13H19F7O2S. The molecule has 0 heterocycles. The number of hydrogen-bond acceptors (Lipinski definition) is 3. The van der Waals surface area contributed by atoms with Gasteiger partial charge < -0.3 is 4.74 Å². The monoisotopic (exact) mass is 372 g/mol. The van der Waals surface area contributed by atoms with Crippen LogP contribution in [0.4, 0.5) is 30.7 Å². The highest BCUT2D eigenvalue weighted by Crippen LogP contribution is 2.48. The molecule has 0 N–H and O–H groups in total. The molecule has 0 saturated carbocycles. The molecule has 138 valence electrons. The van der Waals surface area contributed by atoms with Crippen molar-refractivity contribution in [2.75, 3.05) is 18.1 Å². The van der Waals surface area contributed by atoms with Crippen molar-refractivity contribution in [1.82, 2.24) is 0 Å². The highest BCUT2D eigenvalue weighted by atomic mass is 32.2. The topological polar surface area (TPSA) is 26.3 Å². The summed E-state index contributed by atoms with van der Waals surface area (Å²) >= 11 is 1.05. The smallest absolute Gasteiger partial charge is 0.459 e. The third kappa shape index (κ3) is 7.63. The van der Waals surface area contributed by atoms with Gasteiger partial charge in [0.25, 0.3) is 0 Å². The Kier molecular flexibility index (Phi) is 8.72. The first-order chi connectivity index (χ1) is 10.3. The molecule has 23 heavy (non-hydrogen) atoms. The Balaban J connectivity index is 3.98. The van der Waals surface area contributed by atoms with E-state index < -0.39 is 36.8 Å². The summed E-state index contributed by atoms with van der Waals surface area (Å²) in [6, 6.07) is 0. The molecular weight excluding hydrogens is 353 g/mol. The molecule has 0 spiro atoms. The number of ether oxygens (including phenoxy) is 1. The maximum Gasteiger partial charge on any atom is 0.459 e. The lowest BCUT2D eigenvalue weighted by Crippen LogP contribution is -2.51. The molecule has 0 atom stereocenters. The Labute approximate surface area is 134 Å². The van der Waals surface area contributed by atoms with Gasteiger partial charge in [-0.3, -0.25) is 4.79 Å². The van der Waals surface area contributed by atoms with Crippen molar-refractivity contribution in [2.24, 2.45) is 5.92 Å². The van der Waals surface area contributed by atoms with E-state index in [2.05, 4.69) is 0 Å². The maximum atomic E-state index is 13.0. The van der Waals surface area contributed by atoms with Gasteiger partial charge in [0, 0.05) is 6.42 Å². The van der Waals surface area contributed by atoms with Gasteiger partial charge in [-0.2, -0.15) is 42.5 Å². The van der Waals surface area contributed by atoms with Crippen molar-refractivity contribution in [3.05, 3.63) is 0 Å². The molecule has 2 nitrogen and oxygen atoms in total. The van der Waals surface area contributed by atoms with Gasteiger partial charge in [-0.1, -0.05) is 13.8 Å². The van der Waals surface area contributed by atoms with E-state index in [4.69, 9.17) is 4.74 Å². The van der Waals surface area contributed by atoms with Crippen LogP contribution in [0, 0.1) is 5.92 Å². The van der Waals surface area contributed by atoms with Gasteiger partial charge in [-0.05, 0) is 24.5 Å². The van der Waals surface area contributed by atoms with Crippen LogP contribution in [0.25, 0.3) is 0 Å². The first-order valence-electron chi connectivity index (χ1n) is 6.87. The molecule has 0 aliphatic carbocycles. The molecule has 0 aliphatic rings. The van der Waals surface area contributed by atoms with E-state index in [1.165, 1.54) is 0 Å².